The molecular formula is C12H19NO2. The molecule has 1 aromatic rings. The fraction of sp³-hybridized carbons (Fsp3) is 0.500. The Labute approximate surface area is 91.4 Å². The van der Waals surface area contributed by atoms with Gasteiger partial charge in [0.05, 0.1) is 12.3 Å². The molecule has 0 aliphatic rings. The number of nitrogens with one attached hydrogen (secondary N) is 1. The smallest absolute Gasteiger partial charge is 0.142 e. The third kappa shape index (κ3) is 3.80. The van der Waals surface area contributed by atoms with Gasteiger partial charge in [0.1, 0.15) is 12.4 Å². The molecule has 84 valence electrons. The molecule has 1 rings (SSSR count). The average molecular weight is 209 g/mol. The summed E-state index contributed by atoms with van der Waals surface area (Å²) >= 11 is 0. The molecule has 0 unspecified atom stereocenters. The topological polar surface area (TPSA) is 30.5 Å². The summed E-state index contributed by atoms with van der Waals surface area (Å²) < 4.78 is 10.6. The van der Waals surface area contributed by atoms with Crippen LogP contribution in [-0.4, -0.2) is 26.9 Å². The maximum atomic E-state index is 5.62. The van der Waals surface area contributed by atoms with E-state index in [0.29, 0.717) is 13.2 Å². The molecule has 3 heteroatoms. The van der Waals surface area contributed by atoms with E-state index in [9.17, 15) is 0 Å². The lowest BCUT2D eigenvalue weighted by Gasteiger charge is -2.12. The van der Waals surface area contributed by atoms with Crippen LogP contribution < -0.4 is 10.1 Å². The van der Waals surface area contributed by atoms with Crippen molar-refractivity contribution in [3.05, 3.63) is 23.8 Å². The third-order valence-corrected chi connectivity index (χ3v) is 2.05. The maximum absolute atomic E-state index is 5.62. The van der Waals surface area contributed by atoms with Gasteiger partial charge in [-0.2, -0.15) is 0 Å². The first-order valence-electron chi connectivity index (χ1n) is 5.24. The zero-order chi connectivity index (χ0) is 11.1. The van der Waals surface area contributed by atoms with Crippen LogP contribution in [0, 0.1) is 6.92 Å². The second kappa shape index (κ2) is 6.30. The lowest BCUT2D eigenvalue weighted by atomic mass is 10.2. The molecule has 0 spiro atoms. The Morgan fingerprint density at radius 1 is 1.27 bits per heavy atom. The highest BCUT2D eigenvalue weighted by atomic mass is 16.5. The normalized spacial score (nSPS) is 10.1. The minimum atomic E-state index is 0.582. The van der Waals surface area contributed by atoms with E-state index in [1.807, 2.05) is 12.1 Å². The molecule has 1 N–H and O–H groups in total. The van der Waals surface area contributed by atoms with E-state index in [2.05, 4.69) is 25.2 Å². The molecule has 0 heterocycles. The maximum Gasteiger partial charge on any atom is 0.142 e. The summed E-state index contributed by atoms with van der Waals surface area (Å²) in [6.07, 6.45) is 0. The van der Waals surface area contributed by atoms with E-state index in [1.54, 1.807) is 7.11 Å². The van der Waals surface area contributed by atoms with Crippen molar-refractivity contribution in [1.29, 1.82) is 0 Å². The first-order chi connectivity index (χ1) is 7.27. The van der Waals surface area contributed by atoms with Crippen molar-refractivity contribution in [2.45, 2.75) is 13.8 Å². The van der Waals surface area contributed by atoms with Crippen molar-refractivity contribution in [3.63, 3.8) is 0 Å². The van der Waals surface area contributed by atoms with Gasteiger partial charge in [0.2, 0.25) is 0 Å². The molecule has 3 nitrogen and oxygen atoms in total. The summed E-state index contributed by atoms with van der Waals surface area (Å²) in [6, 6.07) is 6.15. The fourth-order valence-electron chi connectivity index (χ4n) is 1.32. The lowest BCUT2D eigenvalue weighted by Crippen LogP contribution is -2.07. The molecule has 0 saturated heterocycles. The Morgan fingerprint density at radius 2 is 2.07 bits per heavy atom. The number of anilines is 1. The van der Waals surface area contributed by atoms with E-state index in [4.69, 9.17) is 9.47 Å². The second-order valence-corrected chi connectivity index (χ2v) is 3.37. The van der Waals surface area contributed by atoms with Crippen molar-refractivity contribution in [1.82, 2.24) is 0 Å². The number of hydrogen-bond acceptors (Lipinski definition) is 3. The predicted molar refractivity (Wildman–Crippen MR) is 62.7 cm³/mol. The molecule has 0 amide bonds. The highest BCUT2D eigenvalue weighted by Crippen LogP contribution is 2.25. The van der Waals surface area contributed by atoms with Gasteiger partial charge in [-0.1, -0.05) is 6.07 Å². The van der Waals surface area contributed by atoms with Crippen molar-refractivity contribution in [3.8, 4) is 5.75 Å². The van der Waals surface area contributed by atoms with Crippen LogP contribution in [0.4, 0.5) is 5.69 Å². The van der Waals surface area contributed by atoms with Crippen molar-refractivity contribution in [2.24, 2.45) is 0 Å². The van der Waals surface area contributed by atoms with Gasteiger partial charge in [-0.15, -0.1) is 0 Å². The molecule has 1 aromatic carbocycles. The fourth-order valence-corrected chi connectivity index (χ4v) is 1.32. The third-order valence-electron chi connectivity index (χ3n) is 2.05. The SMILES string of the molecule is CCNc1ccc(C)cc1OCCOC. The van der Waals surface area contributed by atoms with Gasteiger partial charge in [0.15, 0.2) is 0 Å². The van der Waals surface area contributed by atoms with E-state index >= 15 is 0 Å². The second-order valence-electron chi connectivity index (χ2n) is 3.37. The largest absolute Gasteiger partial charge is 0.489 e. The monoisotopic (exact) mass is 209 g/mol. The van der Waals surface area contributed by atoms with E-state index < -0.39 is 0 Å². The van der Waals surface area contributed by atoms with Gasteiger partial charge in [-0.3, -0.25) is 0 Å². The molecule has 0 aromatic heterocycles. The Morgan fingerprint density at radius 3 is 2.73 bits per heavy atom. The standard InChI is InChI=1S/C12H19NO2/c1-4-13-11-6-5-10(2)9-12(11)15-8-7-14-3/h5-6,9,13H,4,7-8H2,1-3H3. The molecule has 0 saturated carbocycles. The molecule has 0 radical (unpaired) electrons. The Hall–Kier alpha value is -1.22. The summed E-state index contributed by atoms with van der Waals surface area (Å²) in [5, 5.41) is 3.26. The summed E-state index contributed by atoms with van der Waals surface area (Å²) in [6.45, 7) is 6.21. The van der Waals surface area contributed by atoms with Gasteiger partial charge in [-0.25, -0.2) is 0 Å². The Bertz CT molecular complexity index is 300. The zero-order valence-electron chi connectivity index (χ0n) is 9.67. The minimum absolute atomic E-state index is 0.582. The number of methoxy groups -OCH3 is 1. The molecule has 0 atom stereocenters. The van der Waals surface area contributed by atoms with Crippen LogP contribution in [0.3, 0.4) is 0 Å². The molecule has 0 aliphatic carbocycles. The van der Waals surface area contributed by atoms with Gasteiger partial charge in [0.25, 0.3) is 0 Å². The van der Waals surface area contributed by atoms with Crippen LogP contribution in [0.1, 0.15) is 12.5 Å². The van der Waals surface area contributed by atoms with Crippen molar-refractivity contribution >= 4 is 5.69 Å². The number of ether oxygens (including phenoxy) is 2. The van der Waals surface area contributed by atoms with Crippen LogP contribution >= 0.6 is 0 Å². The number of hydrogen-bond donors (Lipinski definition) is 1. The number of benzene rings is 1. The van der Waals surface area contributed by atoms with Gasteiger partial charge < -0.3 is 14.8 Å². The van der Waals surface area contributed by atoms with Gasteiger partial charge in [0, 0.05) is 13.7 Å². The summed E-state index contributed by atoms with van der Waals surface area (Å²) in [4.78, 5) is 0. The molecule has 0 aliphatic heterocycles. The minimum Gasteiger partial charge on any atom is -0.489 e. The van der Waals surface area contributed by atoms with Gasteiger partial charge >= 0.3 is 0 Å². The highest BCUT2D eigenvalue weighted by molar-refractivity contribution is 5.57. The first kappa shape index (κ1) is 11.9. The Kier molecular flexibility index (Phi) is 4.98. The molecule has 0 fully saturated rings. The highest BCUT2D eigenvalue weighted by Gasteiger charge is 2.02. The molecule has 15 heavy (non-hydrogen) atoms. The first-order valence-corrected chi connectivity index (χ1v) is 5.24. The summed E-state index contributed by atoms with van der Waals surface area (Å²) in [5.41, 5.74) is 2.24. The van der Waals surface area contributed by atoms with E-state index in [0.717, 1.165) is 18.0 Å². The van der Waals surface area contributed by atoms with Crippen LogP contribution in [0.25, 0.3) is 0 Å². The van der Waals surface area contributed by atoms with E-state index in [-0.39, 0.29) is 0 Å². The average Bonchev–Trinajstić information content (AvgIpc) is 2.22. The summed E-state index contributed by atoms with van der Waals surface area (Å²) in [5.74, 6) is 0.897. The van der Waals surface area contributed by atoms with Crippen LogP contribution in [0.2, 0.25) is 0 Å². The Balaban J connectivity index is 2.68. The predicted octanol–water partition coefficient (Wildman–Crippen LogP) is 2.45. The van der Waals surface area contributed by atoms with Crippen molar-refractivity contribution < 1.29 is 9.47 Å². The van der Waals surface area contributed by atoms with E-state index in [1.165, 1.54) is 5.56 Å². The summed E-state index contributed by atoms with van der Waals surface area (Å²) in [7, 11) is 1.67. The zero-order valence-corrected chi connectivity index (χ0v) is 9.67. The van der Waals surface area contributed by atoms with Crippen LogP contribution in [0.5, 0.6) is 5.75 Å². The number of aryl methyl sites for hydroxylation is 1. The molecular weight excluding hydrogens is 190 g/mol. The lowest BCUT2D eigenvalue weighted by molar-refractivity contribution is 0.146. The van der Waals surface area contributed by atoms with Crippen LogP contribution in [0.15, 0.2) is 18.2 Å². The van der Waals surface area contributed by atoms with Gasteiger partial charge in [-0.05, 0) is 31.5 Å². The van der Waals surface area contributed by atoms with Crippen molar-refractivity contribution in [2.75, 3.05) is 32.2 Å². The van der Waals surface area contributed by atoms with Crippen LogP contribution in [-0.2, 0) is 4.74 Å². The molecule has 0 bridgehead atoms. The quantitative estimate of drug-likeness (QED) is 0.730. The number of rotatable bonds is 6.